The minimum Gasteiger partial charge on any atom is -0.268 e. The van der Waals surface area contributed by atoms with Crippen LogP contribution >= 0.6 is 27.7 Å². The van der Waals surface area contributed by atoms with Crippen molar-refractivity contribution in [3.63, 3.8) is 0 Å². The van der Waals surface area contributed by atoms with Gasteiger partial charge >= 0.3 is 0 Å². The van der Waals surface area contributed by atoms with Crippen molar-refractivity contribution >= 4 is 66.7 Å². The molecule has 0 unspecified atom stereocenters. The predicted octanol–water partition coefficient (Wildman–Crippen LogP) is 6.39. The lowest BCUT2D eigenvalue weighted by atomic mass is 10.0. The summed E-state index contributed by atoms with van der Waals surface area (Å²) in [4.78, 5) is 32.3. The second-order valence-electron chi connectivity index (χ2n) is 6.94. The molecule has 5 rings (SSSR count). The highest BCUT2D eigenvalue weighted by atomic mass is 79.9. The largest absolute Gasteiger partial charge is 0.293 e. The molecule has 6 heteroatoms. The summed E-state index contributed by atoms with van der Waals surface area (Å²) in [5.41, 5.74) is 3.51. The molecule has 0 spiro atoms. The Bertz CT molecular complexity index is 1290. The van der Waals surface area contributed by atoms with Crippen molar-refractivity contribution in [3.05, 3.63) is 93.3 Å². The molecule has 30 heavy (non-hydrogen) atoms. The fourth-order valence-corrected chi connectivity index (χ4v) is 4.71. The van der Waals surface area contributed by atoms with Gasteiger partial charge in [0.25, 0.3) is 11.1 Å². The Morgan fingerprint density at radius 2 is 1.47 bits per heavy atom. The molecule has 0 bridgehead atoms. The number of carbonyl (C=O) groups is 2. The van der Waals surface area contributed by atoms with Crippen LogP contribution in [0.5, 0.6) is 0 Å². The number of para-hydroxylation sites is 2. The SMILES string of the molecule is O=C1S/C(=C\c2ccc(Br)cc2)C(=O)N1Cc1c2ccccc2nc2ccccc12. The average Bonchev–Trinajstić information content (AvgIpc) is 3.02. The minimum absolute atomic E-state index is 0.214. The van der Waals surface area contributed by atoms with E-state index in [9.17, 15) is 9.59 Å². The Morgan fingerprint density at radius 3 is 2.10 bits per heavy atom. The molecular weight excluding hydrogens is 460 g/mol. The van der Waals surface area contributed by atoms with Crippen molar-refractivity contribution in [2.75, 3.05) is 0 Å². The normalized spacial score (nSPS) is 15.6. The molecule has 4 aromatic rings. The van der Waals surface area contributed by atoms with Crippen LogP contribution in [0.4, 0.5) is 4.79 Å². The third kappa shape index (κ3) is 3.42. The number of amides is 2. The smallest absolute Gasteiger partial charge is 0.268 e. The first-order chi connectivity index (χ1) is 14.6. The highest BCUT2D eigenvalue weighted by Gasteiger charge is 2.35. The van der Waals surface area contributed by atoms with Crippen LogP contribution in [-0.4, -0.2) is 21.0 Å². The standard InChI is InChI=1S/C24H15BrN2O2S/c25-16-11-9-15(10-12-16)13-22-23(28)27(24(29)30-22)14-19-17-5-1-3-7-20(17)26-21-8-4-2-6-18(19)21/h1-13H,14H2/b22-13-. The molecule has 0 N–H and O–H groups in total. The number of hydrogen-bond acceptors (Lipinski definition) is 4. The van der Waals surface area contributed by atoms with Crippen molar-refractivity contribution in [3.8, 4) is 0 Å². The molecule has 2 heterocycles. The Balaban J connectivity index is 1.55. The van der Waals surface area contributed by atoms with Gasteiger partial charge in [-0.15, -0.1) is 0 Å². The van der Waals surface area contributed by atoms with Gasteiger partial charge in [-0.25, -0.2) is 4.98 Å². The summed E-state index contributed by atoms with van der Waals surface area (Å²) >= 11 is 4.39. The van der Waals surface area contributed by atoms with Gasteiger partial charge in [0, 0.05) is 15.2 Å². The average molecular weight is 475 g/mol. The quantitative estimate of drug-likeness (QED) is 0.255. The lowest BCUT2D eigenvalue weighted by molar-refractivity contribution is -0.123. The number of pyridine rings is 1. The van der Waals surface area contributed by atoms with Gasteiger partial charge in [0.2, 0.25) is 0 Å². The molecule has 0 aliphatic carbocycles. The molecule has 1 saturated heterocycles. The van der Waals surface area contributed by atoms with E-state index in [1.165, 1.54) is 4.90 Å². The van der Waals surface area contributed by atoms with E-state index >= 15 is 0 Å². The van der Waals surface area contributed by atoms with Crippen LogP contribution in [0.2, 0.25) is 0 Å². The minimum atomic E-state index is -0.266. The number of fused-ring (bicyclic) bond motifs is 2. The second-order valence-corrected chi connectivity index (χ2v) is 8.85. The van der Waals surface area contributed by atoms with Crippen LogP contribution in [0.1, 0.15) is 11.1 Å². The first kappa shape index (κ1) is 19.0. The van der Waals surface area contributed by atoms with E-state index in [0.29, 0.717) is 4.91 Å². The number of nitrogens with zero attached hydrogens (tertiary/aromatic N) is 2. The zero-order valence-electron chi connectivity index (χ0n) is 15.7. The summed E-state index contributed by atoms with van der Waals surface area (Å²) in [7, 11) is 0. The maximum atomic E-state index is 13.1. The van der Waals surface area contributed by atoms with Crippen LogP contribution in [-0.2, 0) is 11.3 Å². The first-order valence-electron chi connectivity index (χ1n) is 9.37. The van der Waals surface area contributed by atoms with E-state index in [0.717, 1.165) is 49.2 Å². The molecular formula is C24H15BrN2O2S. The van der Waals surface area contributed by atoms with E-state index in [2.05, 4.69) is 15.9 Å². The summed E-state index contributed by atoms with van der Waals surface area (Å²) in [5.74, 6) is -0.266. The maximum absolute atomic E-state index is 13.1. The van der Waals surface area contributed by atoms with E-state index in [1.807, 2.05) is 72.8 Å². The highest BCUT2D eigenvalue weighted by Crippen LogP contribution is 2.35. The number of imide groups is 1. The van der Waals surface area contributed by atoms with Crippen LogP contribution in [0, 0.1) is 0 Å². The summed E-state index contributed by atoms with van der Waals surface area (Å²) in [6.45, 7) is 0.214. The number of thioether (sulfide) groups is 1. The Kier molecular flexibility index (Phi) is 4.89. The van der Waals surface area contributed by atoms with E-state index in [4.69, 9.17) is 4.98 Å². The van der Waals surface area contributed by atoms with Crippen LogP contribution in [0.25, 0.3) is 27.9 Å². The molecule has 4 nitrogen and oxygen atoms in total. The van der Waals surface area contributed by atoms with Crippen molar-refractivity contribution < 1.29 is 9.59 Å². The Hall–Kier alpha value is -2.96. The molecule has 1 aromatic heterocycles. The maximum Gasteiger partial charge on any atom is 0.293 e. The molecule has 146 valence electrons. The Labute approximate surface area is 185 Å². The fourth-order valence-electron chi connectivity index (χ4n) is 3.60. The van der Waals surface area contributed by atoms with E-state index in [-0.39, 0.29) is 17.7 Å². The zero-order valence-corrected chi connectivity index (χ0v) is 18.1. The number of benzene rings is 3. The lowest BCUT2D eigenvalue weighted by Gasteiger charge is -2.16. The van der Waals surface area contributed by atoms with Crippen molar-refractivity contribution in [1.29, 1.82) is 0 Å². The monoisotopic (exact) mass is 474 g/mol. The van der Waals surface area contributed by atoms with Gasteiger partial charge in [-0.05, 0) is 53.2 Å². The zero-order chi connectivity index (χ0) is 20.7. The van der Waals surface area contributed by atoms with Gasteiger partial charge in [0.05, 0.1) is 22.5 Å². The van der Waals surface area contributed by atoms with Crippen LogP contribution in [0.3, 0.4) is 0 Å². The van der Waals surface area contributed by atoms with E-state index < -0.39 is 0 Å². The highest BCUT2D eigenvalue weighted by molar-refractivity contribution is 9.10. The number of rotatable bonds is 3. The molecule has 1 aliphatic rings. The van der Waals surface area contributed by atoms with Gasteiger partial charge in [0.15, 0.2) is 0 Å². The number of halogens is 1. The fraction of sp³-hybridized carbons (Fsp3) is 0.0417. The van der Waals surface area contributed by atoms with Crippen molar-refractivity contribution in [2.24, 2.45) is 0 Å². The lowest BCUT2D eigenvalue weighted by Crippen LogP contribution is -2.27. The molecule has 0 radical (unpaired) electrons. The van der Waals surface area contributed by atoms with Gasteiger partial charge in [-0.1, -0.05) is 64.5 Å². The summed E-state index contributed by atoms with van der Waals surface area (Å²) in [5, 5.41) is 1.65. The third-order valence-corrected chi connectivity index (χ3v) is 6.49. The molecule has 1 fully saturated rings. The molecule has 0 saturated carbocycles. The van der Waals surface area contributed by atoms with Crippen molar-refractivity contribution in [1.82, 2.24) is 9.88 Å². The summed E-state index contributed by atoms with van der Waals surface area (Å²) in [6, 6.07) is 23.3. The van der Waals surface area contributed by atoms with E-state index in [1.54, 1.807) is 6.08 Å². The number of aromatic nitrogens is 1. The van der Waals surface area contributed by atoms with Gasteiger partial charge in [0.1, 0.15) is 0 Å². The Morgan fingerprint density at radius 1 is 0.867 bits per heavy atom. The van der Waals surface area contributed by atoms with Gasteiger partial charge < -0.3 is 0 Å². The number of hydrogen-bond donors (Lipinski definition) is 0. The molecule has 2 amide bonds. The van der Waals surface area contributed by atoms with Gasteiger partial charge in [-0.3, -0.25) is 14.5 Å². The summed E-state index contributed by atoms with van der Waals surface area (Å²) in [6.07, 6.45) is 1.76. The molecule has 1 aliphatic heterocycles. The molecule has 0 atom stereocenters. The van der Waals surface area contributed by atoms with Gasteiger partial charge in [-0.2, -0.15) is 0 Å². The van der Waals surface area contributed by atoms with Crippen LogP contribution in [0.15, 0.2) is 82.2 Å². The summed E-state index contributed by atoms with van der Waals surface area (Å²) < 4.78 is 0.962. The third-order valence-electron chi connectivity index (χ3n) is 5.06. The number of carbonyl (C=O) groups excluding carboxylic acids is 2. The predicted molar refractivity (Wildman–Crippen MR) is 125 cm³/mol. The van der Waals surface area contributed by atoms with Crippen molar-refractivity contribution in [2.45, 2.75) is 6.54 Å². The molecule has 3 aromatic carbocycles. The van der Waals surface area contributed by atoms with Crippen LogP contribution < -0.4 is 0 Å². The first-order valence-corrected chi connectivity index (χ1v) is 11.0. The second kappa shape index (κ2) is 7.70. The topological polar surface area (TPSA) is 50.3 Å².